The maximum Gasteiger partial charge on any atom is 0.243 e. The van der Waals surface area contributed by atoms with Crippen LogP contribution in [0.5, 0.6) is 0 Å². The number of anilines is 1. The fraction of sp³-hybridized carbons (Fsp3) is 0.524. The first-order chi connectivity index (χ1) is 15.0. The van der Waals surface area contributed by atoms with Gasteiger partial charge in [-0.05, 0) is 12.1 Å². The Balaban J connectivity index is 0.00000363. The molecule has 1 saturated heterocycles. The number of carbonyl (C=O) groups is 1. The summed E-state index contributed by atoms with van der Waals surface area (Å²) in [5, 5.41) is 11.4. The number of hydrogen-bond donors (Lipinski definition) is 1. The van der Waals surface area contributed by atoms with Crippen LogP contribution in [0, 0.1) is 5.82 Å². The third-order valence-corrected chi connectivity index (χ3v) is 5.28. The molecule has 32 heavy (non-hydrogen) atoms. The normalized spacial score (nSPS) is 14.2. The molecule has 2 heterocycles. The second kappa shape index (κ2) is 12.6. The van der Waals surface area contributed by atoms with Gasteiger partial charge in [0.1, 0.15) is 24.5 Å². The van der Waals surface area contributed by atoms with Crippen molar-refractivity contribution in [3.63, 3.8) is 0 Å². The molecule has 11 heteroatoms. The van der Waals surface area contributed by atoms with Crippen molar-refractivity contribution < 1.29 is 9.18 Å². The predicted molar refractivity (Wildman–Crippen MR) is 134 cm³/mol. The molecule has 0 saturated carbocycles. The highest BCUT2D eigenvalue weighted by atomic mass is 127. The van der Waals surface area contributed by atoms with Gasteiger partial charge in [0.25, 0.3) is 0 Å². The molecule has 1 aromatic heterocycles. The number of carbonyl (C=O) groups excluding carboxylic acids is 1. The largest absolute Gasteiger partial charge is 0.366 e. The van der Waals surface area contributed by atoms with Crippen molar-refractivity contribution in [3.8, 4) is 0 Å². The van der Waals surface area contributed by atoms with Crippen LogP contribution in [0.4, 0.5) is 10.1 Å². The van der Waals surface area contributed by atoms with E-state index in [9.17, 15) is 9.18 Å². The standard InChI is InChI=1S/C21H31FN8O.HI/c1-4-19-26-25-16-30(19)10-9-23-21(24-15-20(31)27(2)3)29-13-11-28(12-14-29)18-8-6-5-7-17(18)22;/h5-8,16H,4,9-15H2,1-3H3,(H,23,24);1H. The zero-order valence-electron chi connectivity index (χ0n) is 18.9. The number of aromatic nitrogens is 3. The molecule has 3 rings (SSSR count). The van der Waals surface area contributed by atoms with Crippen molar-refractivity contribution in [3.05, 3.63) is 42.2 Å². The van der Waals surface area contributed by atoms with Gasteiger partial charge in [0.2, 0.25) is 5.91 Å². The maximum atomic E-state index is 14.1. The Morgan fingerprint density at radius 2 is 1.94 bits per heavy atom. The summed E-state index contributed by atoms with van der Waals surface area (Å²) in [4.78, 5) is 22.3. The van der Waals surface area contributed by atoms with Crippen molar-refractivity contribution in [2.75, 3.05) is 58.3 Å². The Kier molecular flexibility index (Phi) is 10.1. The predicted octanol–water partition coefficient (Wildman–Crippen LogP) is 1.45. The lowest BCUT2D eigenvalue weighted by atomic mass is 10.2. The van der Waals surface area contributed by atoms with Crippen LogP contribution in [-0.4, -0.2) is 89.8 Å². The number of likely N-dealkylation sites (N-methyl/N-ethyl adjacent to an activating group) is 1. The molecule has 1 aliphatic rings. The summed E-state index contributed by atoms with van der Waals surface area (Å²) < 4.78 is 16.1. The van der Waals surface area contributed by atoms with E-state index in [2.05, 4.69) is 25.4 Å². The van der Waals surface area contributed by atoms with Gasteiger partial charge < -0.3 is 24.6 Å². The van der Waals surface area contributed by atoms with Crippen LogP contribution in [0.1, 0.15) is 12.7 Å². The molecule has 0 radical (unpaired) electrons. The number of rotatable bonds is 7. The van der Waals surface area contributed by atoms with Gasteiger partial charge >= 0.3 is 0 Å². The fourth-order valence-electron chi connectivity index (χ4n) is 3.45. The summed E-state index contributed by atoms with van der Waals surface area (Å²) in [6.07, 6.45) is 2.54. The van der Waals surface area contributed by atoms with E-state index >= 15 is 0 Å². The monoisotopic (exact) mass is 558 g/mol. The Hall–Kier alpha value is -2.44. The van der Waals surface area contributed by atoms with Crippen molar-refractivity contribution in [1.82, 2.24) is 29.9 Å². The molecule has 0 unspecified atom stereocenters. The number of amides is 1. The number of para-hydroxylation sites is 1. The van der Waals surface area contributed by atoms with E-state index in [0.717, 1.165) is 12.2 Å². The van der Waals surface area contributed by atoms with E-state index in [-0.39, 0.29) is 42.2 Å². The number of benzene rings is 1. The van der Waals surface area contributed by atoms with E-state index in [1.807, 2.05) is 22.5 Å². The average molecular weight is 558 g/mol. The van der Waals surface area contributed by atoms with Crippen molar-refractivity contribution >= 4 is 41.5 Å². The van der Waals surface area contributed by atoms with Crippen molar-refractivity contribution in [2.24, 2.45) is 4.99 Å². The van der Waals surface area contributed by atoms with Gasteiger partial charge in [-0.25, -0.2) is 9.38 Å². The molecule has 1 N–H and O–H groups in total. The molecule has 0 bridgehead atoms. The Labute approximate surface area is 205 Å². The van der Waals surface area contributed by atoms with E-state index < -0.39 is 0 Å². The third kappa shape index (κ3) is 6.78. The summed E-state index contributed by atoms with van der Waals surface area (Å²) >= 11 is 0. The number of aliphatic imine (C=N–C) groups is 1. The fourth-order valence-corrected chi connectivity index (χ4v) is 3.45. The van der Waals surface area contributed by atoms with Gasteiger partial charge in [0.05, 0.1) is 5.69 Å². The lowest BCUT2D eigenvalue weighted by molar-refractivity contribution is -0.127. The SMILES string of the molecule is CCc1nncn1CCNC(=NCC(=O)N(C)C)N1CCN(c2ccccc2F)CC1.I. The lowest BCUT2D eigenvalue weighted by Crippen LogP contribution is -2.53. The highest BCUT2D eigenvalue weighted by Gasteiger charge is 2.22. The molecule has 9 nitrogen and oxygen atoms in total. The van der Waals surface area contributed by atoms with Gasteiger partial charge in [-0.15, -0.1) is 34.2 Å². The van der Waals surface area contributed by atoms with Crippen LogP contribution in [0.25, 0.3) is 0 Å². The minimum absolute atomic E-state index is 0. The molecule has 0 aliphatic carbocycles. The minimum atomic E-state index is -0.208. The minimum Gasteiger partial charge on any atom is -0.366 e. The summed E-state index contributed by atoms with van der Waals surface area (Å²) in [6.45, 7) is 6.17. The number of guanidine groups is 1. The van der Waals surface area contributed by atoms with Crippen LogP contribution in [0.2, 0.25) is 0 Å². The van der Waals surface area contributed by atoms with Crippen molar-refractivity contribution in [2.45, 2.75) is 19.9 Å². The Bertz CT molecular complexity index is 895. The lowest BCUT2D eigenvalue weighted by Gasteiger charge is -2.38. The molecule has 1 amide bonds. The van der Waals surface area contributed by atoms with Gasteiger partial charge in [-0.2, -0.15) is 0 Å². The zero-order chi connectivity index (χ0) is 22.2. The summed E-state index contributed by atoms with van der Waals surface area (Å²) in [5.41, 5.74) is 0.621. The molecule has 2 aromatic rings. The highest BCUT2D eigenvalue weighted by Crippen LogP contribution is 2.20. The molecule has 1 aliphatic heterocycles. The van der Waals surface area contributed by atoms with Gasteiger partial charge in [-0.1, -0.05) is 19.1 Å². The Morgan fingerprint density at radius 1 is 1.22 bits per heavy atom. The third-order valence-electron chi connectivity index (χ3n) is 5.28. The van der Waals surface area contributed by atoms with Gasteiger partial charge in [-0.3, -0.25) is 4.79 Å². The average Bonchev–Trinajstić information content (AvgIpc) is 3.24. The van der Waals surface area contributed by atoms with Crippen molar-refractivity contribution in [1.29, 1.82) is 0 Å². The number of piperazine rings is 1. The number of nitrogens with zero attached hydrogens (tertiary/aromatic N) is 7. The van der Waals surface area contributed by atoms with Crippen LogP contribution < -0.4 is 10.2 Å². The van der Waals surface area contributed by atoms with Crippen LogP contribution in [-0.2, 0) is 17.8 Å². The number of halogens is 2. The molecule has 1 aromatic carbocycles. The second-order valence-electron chi connectivity index (χ2n) is 7.57. The molecular formula is C21H32FIN8O. The second-order valence-corrected chi connectivity index (χ2v) is 7.57. The van der Waals surface area contributed by atoms with E-state index in [4.69, 9.17) is 0 Å². The topological polar surface area (TPSA) is 81.9 Å². The van der Waals surface area contributed by atoms with E-state index in [1.54, 1.807) is 32.6 Å². The molecular weight excluding hydrogens is 526 g/mol. The molecule has 176 valence electrons. The summed E-state index contributed by atoms with van der Waals surface area (Å²) in [5.74, 6) is 1.35. The van der Waals surface area contributed by atoms with Crippen LogP contribution >= 0.6 is 24.0 Å². The number of aryl methyl sites for hydroxylation is 1. The van der Waals surface area contributed by atoms with Gasteiger partial charge in [0, 0.05) is 59.8 Å². The molecule has 1 fully saturated rings. The smallest absolute Gasteiger partial charge is 0.243 e. The van der Waals surface area contributed by atoms with Crippen LogP contribution in [0.15, 0.2) is 35.6 Å². The maximum absolute atomic E-state index is 14.1. The first kappa shape index (κ1) is 25.8. The zero-order valence-corrected chi connectivity index (χ0v) is 21.2. The highest BCUT2D eigenvalue weighted by molar-refractivity contribution is 14.0. The molecule has 0 spiro atoms. The Morgan fingerprint density at radius 3 is 2.59 bits per heavy atom. The first-order valence-corrected chi connectivity index (χ1v) is 10.6. The van der Waals surface area contributed by atoms with E-state index in [1.165, 1.54) is 11.0 Å². The van der Waals surface area contributed by atoms with Gasteiger partial charge in [0.15, 0.2) is 5.96 Å². The number of hydrogen-bond acceptors (Lipinski definition) is 5. The summed E-state index contributed by atoms with van der Waals surface area (Å²) in [6, 6.07) is 6.84. The molecule has 0 atom stereocenters. The van der Waals surface area contributed by atoms with Crippen LogP contribution in [0.3, 0.4) is 0 Å². The quantitative estimate of drug-likeness (QED) is 0.315. The first-order valence-electron chi connectivity index (χ1n) is 10.6. The number of nitrogens with one attached hydrogen (secondary N) is 1. The van der Waals surface area contributed by atoms with E-state index in [0.29, 0.717) is 50.9 Å². The summed E-state index contributed by atoms with van der Waals surface area (Å²) in [7, 11) is 3.44.